The maximum Gasteiger partial charge on any atom is 0.337 e. The summed E-state index contributed by atoms with van der Waals surface area (Å²) in [5.74, 6) is -1.15. The second-order valence-corrected chi connectivity index (χ2v) is 7.40. The molecule has 1 unspecified atom stereocenters. The van der Waals surface area contributed by atoms with E-state index in [2.05, 4.69) is 15.9 Å². The van der Waals surface area contributed by atoms with Crippen LogP contribution in [0.15, 0.2) is 33.6 Å². The average Bonchev–Trinajstić information content (AvgIpc) is 2.85. The molecule has 0 radical (unpaired) electrons. The van der Waals surface area contributed by atoms with Crippen molar-refractivity contribution in [1.29, 1.82) is 0 Å². The highest BCUT2D eigenvalue weighted by Gasteiger charge is 2.48. The van der Waals surface area contributed by atoms with Crippen molar-refractivity contribution < 1.29 is 23.1 Å². The number of aliphatic carboxylic acids is 1. The van der Waals surface area contributed by atoms with E-state index in [0.717, 1.165) is 4.31 Å². The summed E-state index contributed by atoms with van der Waals surface area (Å²) in [6, 6.07) is 6.31. The minimum absolute atomic E-state index is 0.120. The van der Waals surface area contributed by atoms with Gasteiger partial charge in [-0.3, -0.25) is 0 Å². The third-order valence-electron chi connectivity index (χ3n) is 3.41. The van der Waals surface area contributed by atoms with Gasteiger partial charge in [0.1, 0.15) is 0 Å². The van der Waals surface area contributed by atoms with Crippen molar-refractivity contribution >= 4 is 31.9 Å². The fraction of sp³-hybridized carbons (Fsp3) is 0.417. The summed E-state index contributed by atoms with van der Waals surface area (Å²) in [5, 5.41) is 9.21. The minimum Gasteiger partial charge on any atom is -0.479 e. The zero-order valence-corrected chi connectivity index (χ0v) is 13.1. The summed E-state index contributed by atoms with van der Waals surface area (Å²) >= 11 is 3.22. The topological polar surface area (TPSA) is 83.9 Å². The smallest absolute Gasteiger partial charge is 0.337 e. The van der Waals surface area contributed by atoms with Gasteiger partial charge in [-0.1, -0.05) is 22.0 Å². The van der Waals surface area contributed by atoms with Crippen molar-refractivity contribution in [2.24, 2.45) is 0 Å². The Morgan fingerprint density at radius 1 is 1.50 bits per heavy atom. The number of hydrogen-bond donors (Lipinski definition) is 1. The number of rotatable bonds is 4. The molecule has 0 aromatic heterocycles. The Bertz CT molecular complexity index is 632. The fourth-order valence-corrected chi connectivity index (χ4v) is 4.24. The van der Waals surface area contributed by atoms with Crippen LogP contribution in [0.25, 0.3) is 0 Å². The Labute approximate surface area is 125 Å². The first-order valence-electron chi connectivity index (χ1n) is 5.86. The van der Waals surface area contributed by atoms with Gasteiger partial charge in [0.15, 0.2) is 5.60 Å². The average molecular weight is 364 g/mol. The number of benzene rings is 1. The molecular formula is C12H14BrNO5S. The third kappa shape index (κ3) is 2.60. The molecule has 1 N–H and O–H groups in total. The number of ether oxygens (including phenoxy) is 1. The molecule has 1 aliphatic heterocycles. The maximum absolute atomic E-state index is 12.5. The zero-order valence-electron chi connectivity index (χ0n) is 10.7. The van der Waals surface area contributed by atoms with Crippen LogP contribution in [-0.4, -0.2) is 49.6 Å². The van der Waals surface area contributed by atoms with Crippen molar-refractivity contribution in [1.82, 2.24) is 4.31 Å². The van der Waals surface area contributed by atoms with Crippen LogP contribution in [0.3, 0.4) is 0 Å². The van der Waals surface area contributed by atoms with E-state index in [1.54, 1.807) is 12.1 Å². The third-order valence-corrected chi connectivity index (χ3v) is 5.75. The predicted octanol–water partition coefficient (Wildman–Crippen LogP) is 1.31. The highest BCUT2D eigenvalue weighted by Crippen LogP contribution is 2.30. The van der Waals surface area contributed by atoms with E-state index in [0.29, 0.717) is 4.47 Å². The minimum atomic E-state index is -3.72. The first-order valence-corrected chi connectivity index (χ1v) is 8.09. The molecule has 1 atom stereocenters. The first-order chi connectivity index (χ1) is 9.32. The molecule has 1 fully saturated rings. The lowest BCUT2D eigenvalue weighted by Gasteiger charge is -2.23. The molecule has 1 heterocycles. The summed E-state index contributed by atoms with van der Waals surface area (Å²) in [4.78, 5) is 11.4. The largest absolute Gasteiger partial charge is 0.479 e. The molecular weight excluding hydrogens is 350 g/mol. The lowest BCUT2D eigenvalue weighted by molar-refractivity contribution is -0.160. The molecule has 20 heavy (non-hydrogen) atoms. The van der Waals surface area contributed by atoms with E-state index in [1.807, 2.05) is 0 Å². The van der Waals surface area contributed by atoms with Crippen LogP contribution in [0.4, 0.5) is 0 Å². The summed E-state index contributed by atoms with van der Waals surface area (Å²) in [6.07, 6.45) is 0.131. The first kappa shape index (κ1) is 15.4. The molecule has 1 aliphatic rings. The standard InChI is InChI=1S/C12H14BrNO5S/c1-19-12(11(15)16)5-6-14(8-12)20(17,18)10-4-2-3-9(13)7-10/h2-4,7H,5-6,8H2,1H3,(H,15,16). The van der Waals surface area contributed by atoms with Gasteiger partial charge < -0.3 is 9.84 Å². The lowest BCUT2D eigenvalue weighted by Crippen LogP contribution is -2.44. The van der Waals surface area contributed by atoms with E-state index < -0.39 is 21.6 Å². The lowest BCUT2D eigenvalue weighted by atomic mass is 10.0. The Morgan fingerprint density at radius 2 is 2.20 bits per heavy atom. The van der Waals surface area contributed by atoms with Crippen molar-refractivity contribution in [2.75, 3.05) is 20.2 Å². The molecule has 1 aromatic carbocycles. The molecule has 1 aromatic rings. The monoisotopic (exact) mass is 363 g/mol. The van der Waals surface area contributed by atoms with Gasteiger partial charge in [-0.15, -0.1) is 0 Å². The van der Waals surface area contributed by atoms with Crippen LogP contribution in [0, 0.1) is 0 Å². The summed E-state index contributed by atoms with van der Waals surface area (Å²) in [7, 11) is -2.43. The molecule has 110 valence electrons. The number of carboxylic acids is 1. The Balaban J connectivity index is 2.32. The molecule has 0 amide bonds. The SMILES string of the molecule is COC1(C(=O)O)CCN(S(=O)(=O)c2cccc(Br)c2)C1. The summed E-state index contributed by atoms with van der Waals surface area (Å²) in [5.41, 5.74) is -1.46. The van der Waals surface area contributed by atoms with Crippen molar-refractivity contribution in [2.45, 2.75) is 16.9 Å². The van der Waals surface area contributed by atoms with Gasteiger partial charge >= 0.3 is 5.97 Å². The van der Waals surface area contributed by atoms with Crippen molar-refractivity contribution in [3.8, 4) is 0 Å². The van der Waals surface area contributed by atoms with Crippen LogP contribution < -0.4 is 0 Å². The van der Waals surface area contributed by atoms with Gasteiger partial charge in [-0.25, -0.2) is 13.2 Å². The van der Waals surface area contributed by atoms with Crippen molar-refractivity contribution in [3.05, 3.63) is 28.7 Å². The van der Waals surface area contributed by atoms with Gasteiger partial charge in [-0.2, -0.15) is 4.31 Å². The van der Waals surface area contributed by atoms with Crippen molar-refractivity contribution in [3.63, 3.8) is 0 Å². The Kier molecular flexibility index (Phi) is 4.19. The van der Waals surface area contributed by atoms with Crippen LogP contribution in [0.2, 0.25) is 0 Å². The Hall–Kier alpha value is -0.960. The molecule has 8 heteroatoms. The molecule has 1 saturated heterocycles. The molecule has 0 saturated carbocycles. The number of methoxy groups -OCH3 is 1. The highest BCUT2D eigenvalue weighted by atomic mass is 79.9. The predicted molar refractivity (Wildman–Crippen MR) is 74.9 cm³/mol. The number of sulfonamides is 1. The van der Waals surface area contributed by atoms with E-state index in [-0.39, 0.29) is 24.4 Å². The summed E-state index contributed by atoms with van der Waals surface area (Å²) in [6.45, 7) is -0.0668. The quantitative estimate of drug-likeness (QED) is 0.871. The van der Waals surface area contributed by atoms with Gasteiger partial charge in [-0.05, 0) is 18.2 Å². The number of hydrogen-bond acceptors (Lipinski definition) is 4. The molecule has 2 rings (SSSR count). The summed E-state index contributed by atoms with van der Waals surface area (Å²) < 4.78 is 31.8. The normalized spacial score (nSPS) is 23.9. The highest BCUT2D eigenvalue weighted by molar-refractivity contribution is 9.10. The second kappa shape index (κ2) is 5.44. The van der Waals surface area contributed by atoms with E-state index in [4.69, 9.17) is 4.74 Å². The molecule has 0 bridgehead atoms. The van der Waals surface area contributed by atoms with E-state index >= 15 is 0 Å². The molecule has 0 aliphatic carbocycles. The number of nitrogens with zero attached hydrogens (tertiary/aromatic N) is 1. The van der Waals surface area contributed by atoms with Crippen LogP contribution in [-0.2, 0) is 19.6 Å². The van der Waals surface area contributed by atoms with Gasteiger partial charge in [0, 0.05) is 24.5 Å². The molecule has 0 spiro atoms. The van der Waals surface area contributed by atoms with E-state index in [1.165, 1.54) is 19.2 Å². The van der Waals surface area contributed by atoms with Gasteiger partial charge in [0.05, 0.1) is 11.4 Å². The number of carboxylic acid groups (broad SMARTS) is 1. The number of carbonyl (C=O) groups is 1. The zero-order chi connectivity index (χ0) is 15.0. The van der Waals surface area contributed by atoms with Crippen LogP contribution >= 0.6 is 15.9 Å². The Morgan fingerprint density at radius 3 is 2.70 bits per heavy atom. The van der Waals surface area contributed by atoms with Gasteiger partial charge in [0.2, 0.25) is 10.0 Å². The fourth-order valence-electron chi connectivity index (χ4n) is 2.16. The second-order valence-electron chi connectivity index (χ2n) is 4.55. The maximum atomic E-state index is 12.5. The molecule has 6 nitrogen and oxygen atoms in total. The van der Waals surface area contributed by atoms with Crippen LogP contribution in [0.1, 0.15) is 6.42 Å². The van der Waals surface area contributed by atoms with E-state index in [9.17, 15) is 18.3 Å². The van der Waals surface area contributed by atoms with Crippen LogP contribution in [0.5, 0.6) is 0 Å². The van der Waals surface area contributed by atoms with Gasteiger partial charge in [0.25, 0.3) is 0 Å². The number of halogens is 1.